The Kier molecular flexibility index (Phi) is 1.97. The van der Waals surface area contributed by atoms with E-state index in [4.69, 9.17) is 5.26 Å². The monoisotopic (exact) mass is 187 g/mol. The Labute approximate surface area is 81.6 Å². The topological polar surface area (TPSA) is 61.1 Å². The molecule has 0 bridgehead atoms. The van der Waals surface area contributed by atoms with Gasteiger partial charge in [-0.2, -0.15) is 5.26 Å². The number of carbonyl (C=O) groups is 1. The van der Waals surface area contributed by atoms with Crippen LogP contribution in [-0.2, 0) is 6.42 Å². The number of aromatic hydroxyl groups is 1. The Bertz CT molecular complexity index is 443. The maximum atomic E-state index is 11.5. The molecule has 0 amide bonds. The molecule has 0 saturated carbocycles. The van der Waals surface area contributed by atoms with Crippen molar-refractivity contribution in [2.75, 3.05) is 0 Å². The first-order chi connectivity index (χ1) is 6.72. The number of fused-ring (bicyclic) bond motifs is 1. The molecule has 0 heterocycles. The predicted octanol–water partition coefficient (Wildman–Crippen LogP) is 1.78. The molecule has 70 valence electrons. The Balaban J connectivity index is 2.64. The molecule has 3 heteroatoms. The summed E-state index contributed by atoms with van der Waals surface area (Å²) in [5.74, 6) is -0.0722. The normalized spacial score (nSPS) is 14.6. The van der Waals surface area contributed by atoms with Gasteiger partial charge >= 0.3 is 0 Å². The van der Waals surface area contributed by atoms with E-state index in [2.05, 4.69) is 0 Å². The largest absolute Gasteiger partial charge is 0.507 e. The van der Waals surface area contributed by atoms with Gasteiger partial charge in [0, 0.05) is 6.42 Å². The minimum absolute atomic E-state index is 0.0201. The van der Waals surface area contributed by atoms with Crippen molar-refractivity contribution >= 4 is 5.78 Å². The number of rotatable bonds is 0. The summed E-state index contributed by atoms with van der Waals surface area (Å²) in [6.07, 6.45) is 2.07. The van der Waals surface area contributed by atoms with Crippen LogP contribution in [0.4, 0.5) is 0 Å². The molecule has 0 saturated heterocycles. The lowest BCUT2D eigenvalue weighted by Crippen LogP contribution is -2.11. The van der Waals surface area contributed by atoms with Crippen molar-refractivity contribution in [3.8, 4) is 11.8 Å². The van der Waals surface area contributed by atoms with E-state index in [1.54, 1.807) is 6.07 Å². The van der Waals surface area contributed by atoms with Crippen LogP contribution >= 0.6 is 0 Å². The van der Waals surface area contributed by atoms with Gasteiger partial charge in [-0.3, -0.25) is 4.79 Å². The van der Waals surface area contributed by atoms with Gasteiger partial charge in [0.1, 0.15) is 5.75 Å². The SMILES string of the molecule is N#Cc1cc(O)c2c(c1)CCCC2=O. The fourth-order valence-corrected chi connectivity index (χ4v) is 1.83. The number of benzene rings is 1. The number of nitrogens with zero attached hydrogens (tertiary/aromatic N) is 1. The molecule has 3 nitrogen and oxygen atoms in total. The number of aryl methyl sites for hydroxylation is 1. The quantitative estimate of drug-likeness (QED) is 0.673. The Morgan fingerprint density at radius 2 is 2.14 bits per heavy atom. The second-order valence-corrected chi connectivity index (χ2v) is 3.42. The van der Waals surface area contributed by atoms with Gasteiger partial charge in [-0.1, -0.05) is 0 Å². The number of hydrogen-bond acceptors (Lipinski definition) is 3. The number of phenolic OH excluding ortho intramolecular Hbond substituents is 1. The van der Waals surface area contributed by atoms with Gasteiger partial charge in [0.05, 0.1) is 17.2 Å². The van der Waals surface area contributed by atoms with E-state index >= 15 is 0 Å². The molecule has 1 aromatic carbocycles. The number of Topliss-reactive ketones (excluding diaryl/α,β-unsaturated/α-hetero) is 1. The average molecular weight is 187 g/mol. The lowest BCUT2D eigenvalue weighted by Gasteiger charge is -2.15. The van der Waals surface area contributed by atoms with Crippen LogP contribution in [0.15, 0.2) is 12.1 Å². The second kappa shape index (κ2) is 3.15. The van der Waals surface area contributed by atoms with Gasteiger partial charge in [0.2, 0.25) is 0 Å². The van der Waals surface area contributed by atoms with E-state index in [0.717, 1.165) is 18.4 Å². The van der Waals surface area contributed by atoms with Crippen LogP contribution in [0.2, 0.25) is 0 Å². The van der Waals surface area contributed by atoms with Crippen molar-refractivity contribution in [2.24, 2.45) is 0 Å². The maximum Gasteiger partial charge on any atom is 0.166 e. The van der Waals surface area contributed by atoms with Crippen LogP contribution < -0.4 is 0 Å². The summed E-state index contributed by atoms with van der Waals surface area (Å²) in [6, 6.07) is 5.00. The minimum atomic E-state index is -0.0521. The fourth-order valence-electron chi connectivity index (χ4n) is 1.83. The standard InChI is InChI=1S/C11H9NO2/c12-6-7-4-8-2-1-3-9(13)11(8)10(14)5-7/h4-5,14H,1-3H2. The lowest BCUT2D eigenvalue weighted by molar-refractivity contribution is 0.0969. The molecular weight excluding hydrogens is 178 g/mol. The van der Waals surface area contributed by atoms with Crippen molar-refractivity contribution in [2.45, 2.75) is 19.3 Å². The lowest BCUT2D eigenvalue weighted by atomic mass is 9.89. The molecule has 0 fully saturated rings. The van der Waals surface area contributed by atoms with Gasteiger partial charge < -0.3 is 5.11 Å². The van der Waals surface area contributed by atoms with E-state index in [-0.39, 0.29) is 11.5 Å². The molecule has 2 rings (SSSR count). The molecule has 1 N–H and O–H groups in total. The second-order valence-electron chi connectivity index (χ2n) is 3.42. The molecular formula is C11H9NO2. The molecule has 1 aromatic rings. The number of nitriles is 1. The summed E-state index contributed by atoms with van der Waals surface area (Å²) in [6.45, 7) is 0. The van der Waals surface area contributed by atoms with Crippen molar-refractivity contribution in [1.29, 1.82) is 5.26 Å². The third kappa shape index (κ3) is 1.25. The van der Waals surface area contributed by atoms with Crippen LogP contribution in [-0.4, -0.2) is 10.9 Å². The number of ketones is 1. The first-order valence-corrected chi connectivity index (χ1v) is 4.51. The van der Waals surface area contributed by atoms with Gasteiger partial charge in [-0.15, -0.1) is 0 Å². The van der Waals surface area contributed by atoms with Gasteiger partial charge in [-0.05, 0) is 30.5 Å². The van der Waals surface area contributed by atoms with Crippen LogP contribution in [0.25, 0.3) is 0 Å². The minimum Gasteiger partial charge on any atom is -0.507 e. The average Bonchev–Trinajstić information content (AvgIpc) is 2.17. The Morgan fingerprint density at radius 3 is 2.86 bits per heavy atom. The smallest absolute Gasteiger partial charge is 0.166 e. The highest BCUT2D eigenvalue weighted by Gasteiger charge is 2.21. The predicted molar refractivity (Wildman–Crippen MR) is 50.1 cm³/mol. The van der Waals surface area contributed by atoms with Crippen molar-refractivity contribution < 1.29 is 9.90 Å². The Hall–Kier alpha value is -1.82. The fraction of sp³-hybridized carbons (Fsp3) is 0.273. The zero-order valence-corrected chi connectivity index (χ0v) is 7.58. The summed E-state index contributed by atoms with van der Waals surface area (Å²) >= 11 is 0. The van der Waals surface area contributed by atoms with Gasteiger partial charge in [0.15, 0.2) is 5.78 Å². The van der Waals surface area contributed by atoms with Gasteiger partial charge in [0.25, 0.3) is 0 Å². The van der Waals surface area contributed by atoms with Crippen LogP contribution in [0.5, 0.6) is 5.75 Å². The number of hydrogen-bond donors (Lipinski definition) is 1. The highest BCUT2D eigenvalue weighted by atomic mass is 16.3. The first-order valence-electron chi connectivity index (χ1n) is 4.51. The molecule has 1 aliphatic rings. The maximum absolute atomic E-state index is 11.5. The summed E-state index contributed by atoms with van der Waals surface area (Å²) in [4.78, 5) is 11.5. The van der Waals surface area contributed by atoms with E-state index in [9.17, 15) is 9.90 Å². The number of phenols is 1. The van der Waals surface area contributed by atoms with E-state index in [0.29, 0.717) is 17.5 Å². The van der Waals surface area contributed by atoms with Crippen LogP contribution in [0.3, 0.4) is 0 Å². The van der Waals surface area contributed by atoms with E-state index in [1.807, 2.05) is 6.07 Å². The highest BCUT2D eigenvalue weighted by Crippen LogP contribution is 2.29. The highest BCUT2D eigenvalue weighted by molar-refractivity contribution is 6.01. The van der Waals surface area contributed by atoms with Crippen molar-refractivity contribution in [1.82, 2.24) is 0 Å². The summed E-state index contributed by atoms with van der Waals surface area (Å²) in [7, 11) is 0. The summed E-state index contributed by atoms with van der Waals surface area (Å²) < 4.78 is 0. The van der Waals surface area contributed by atoms with Crippen molar-refractivity contribution in [3.05, 3.63) is 28.8 Å². The molecule has 0 radical (unpaired) electrons. The van der Waals surface area contributed by atoms with E-state index < -0.39 is 0 Å². The zero-order valence-electron chi connectivity index (χ0n) is 7.58. The summed E-state index contributed by atoms with van der Waals surface area (Å²) in [5, 5.41) is 18.3. The molecule has 0 aliphatic heterocycles. The summed E-state index contributed by atoms with van der Waals surface area (Å²) in [5.41, 5.74) is 1.63. The molecule has 0 unspecified atom stereocenters. The zero-order chi connectivity index (χ0) is 10.1. The molecule has 0 spiro atoms. The Morgan fingerprint density at radius 1 is 1.36 bits per heavy atom. The third-order valence-electron chi connectivity index (χ3n) is 2.46. The van der Waals surface area contributed by atoms with Gasteiger partial charge in [-0.25, -0.2) is 0 Å². The first kappa shape index (κ1) is 8.76. The van der Waals surface area contributed by atoms with Crippen molar-refractivity contribution in [3.63, 3.8) is 0 Å². The molecule has 0 aromatic heterocycles. The van der Waals surface area contributed by atoms with Crippen LogP contribution in [0.1, 0.15) is 34.3 Å². The van der Waals surface area contributed by atoms with Crippen LogP contribution in [0, 0.1) is 11.3 Å². The third-order valence-corrected chi connectivity index (χ3v) is 2.46. The van der Waals surface area contributed by atoms with E-state index in [1.165, 1.54) is 6.07 Å². The molecule has 0 atom stereocenters. The molecule has 1 aliphatic carbocycles. The number of carbonyl (C=O) groups excluding carboxylic acids is 1. The molecule has 14 heavy (non-hydrogen) atoms.